The summed E-state index contributed by atoms with van der Waals surface area (Å²) in [4.78, 5) is 0. The number of piperidine rings is 1. The Morgan fingerprint density at radius 2 is 2.05 bits per heavy atom. The van der Waals surface area contributed by atoms with E-state index in [4.69, 9.17) is 5.14 Å². The van der Waals surface area contributed by atoms with Crippen LogP contribution in [0.5, 0.6) is 0 Å². The van der Waals surface area contributed by atoms with Crippen LogP contribution in [-0.2, 0) is 16.4 Å². The van der Waals surface area contributed by atoms with E-state index in [0.717, 1.165) is 18.5 Å². The summed E-state index contributed by atoms with van der Waals surface area (Å²) in [5.74, 6) is 0. The van der Waals surface area contributed by atoms with Crippen molar-refractivity contribution in [3.63, 3.8) is 0 Å². The largest absolute Gasteiger partial charge is 0.312 e. The Labute approximate surface area is 126 Å². The van der Waals surface area contributed by atoms with E-state index in [1.165, 1.54) is 25.7 Å². The molecule has 2 unspecified atom stereocenters. The fraction of sp³-hybridized carbons (Fsp3) is 0.786. The molecule has 0 radical (unpaired) electrons. The summed E-state index contributed by atoms with van der Waals surface area (Å²) in [5.41, 5.74) is 1.09. The highest BCUT2D eigenvalue weighted by Gasteiger charge is 2.28. The van der Waals surface area contributed by atoms with Crippen molar-refractivity contribution >= 4 is 10.0 Å². The molecular weight excluding hydrogens is 288 g/mol. The molecule has 2 aliphatic rings. The van der Waals surface area contributed by atoms with Gasteiger partial charge in [-0.05, 0) is 31.7 Å². The number of rotatable bonds is 4. The lowest BCUT2D eigenvalue weighted by Crippen LogP contribution is -2.47. The molecule has 1 aromatic rings. The first kappa shape index (κ1) is 15.0. The quantitative estimate of drug-likeness (QED) is 0.866. The van der Waals surface area contributed by atoms with Crippen LogP contribution in [0.25, 0.3) is 0 Å². The van der Waals surface area contributed by atoms with E-state index in [2.05, 4.69) is 27.4 Å². The van der Waals surface area contributed by atoms with Crippen LogP contribution in [0.1, 0.15) is 50.3 Å². The Kier molecular flexibility index (Phi) is 4.33. The second-order valence-corrected chi connectivity index (χ2v) is 8.17. The van der Waals surface area contributed by atoms with Gasteiger partial charge in [0.1, 0.15) is 0 Å². The fourth-order valence-corrected chi connectivity index (χ4v) is 4.25. The van der Waals surface area contributed by atoms with E-state index in [1.807, 2.05) is 0 Å². The van der Waals surface area contributed by atoms with Crippen molar-refractivity contribution in [2.24, 2.45) is 5.14 Å². The molecule has 1 aliphatic heterocycles. The molecule has 1 saturated heterocycles. The molecule has 21 heavy (non-hydrogen) atoms. The van der Waals surface area contributed by atoms with Crippen molar-refractivity contribution in [2.75, 3.05) is 6.54 Å². The number of hydrogen-bond acceptors (Lipinski definition) is 4. The van der Waals surface area contributed by atoms with Crippen LogP contribution in [0.3, 0.4) is 0 Å². The molecule has 6 nitrogen and oxygen atoms in total. The Hall–Kier alpha value is -0.920. The number of nitrogens with one attached hydrogen (secondary N) is 1. The van der Waals surface area contributed by atoms with Crippen LogP contribution in [-0.4, -0.2) is 36.0 Å². The second-order valence-electron chi connectivity index (χ2n) is 6.32. The van der Waals surface area contributed by atoms with Crippen LogP contribution in [0.15, 0.2) is 12.3 Å². The molecule has 1 aromatic heterocycles. The van der Waals surface area contributed by atoms with Crippen molar-refractivity contribution in [1.29, 1.82) is 0 Å². The van der Waals surface area contributed by atoms with E-state index in [0.29, 0.717) is 25.0 Å². The number of hydrogen-bond donors (Lipinski definition) is 2. The van der Waals surface area contributed by atoms with E-state index in [-0.39, 0.29) is 0 Å². The van der Waals surface area contributed by atoms with Crippen molar-refractivity contribution in [2.45, 2.75) is 62.3 Å². The molecule has 0 amide bonds. The van der Waals surface area contributed by atoms with Gasteiger partial charge in [0.25, 0.3) is 0 Å². The van der Waals surface area contributed by atoms with E-state index in [1.54, 1.807) is 0 Å². The smallest absolute Gasteiger partial charge is 0.213 e. The molecule has 0 spiro atoms. The van der Waals surface area contributed by atoms with Crippen molar-refractivity contribution < 1.29 is 8.42 Å². The predicted octanol–water partition coefficient (Wildman–Crippen LogP) is 0.950. The highest BCUT2D eigenvalue weighted by Crippen LogP contribution is 2.28. The Balaban J connectivity index is 1.53. The lowest BCUT2D eigenvalue weighted by molar-refractivity contribution is 0.390. The van der Waals surface area contributed by atoms with Crippen LogP contribution in [0.2, 0.25) is 0 Å². The molecule has 1 saturated carbocycles. The summed E-state index contributed by atoms with van der Waals surface area (Å²) in [5, 5.41) is 12.7. The number of aromatic nitrogens is 2. The Morgan fingerprint density at radius 1 is 1.29 bits per heavy atom. The van der Waals surface area contributed by atoms with Gasteiger partial charge >= 0.3 is 0 Å². The Morgan fingerprint density at radius 3 is 2.67 bits per heavy atom. The van der Waals surface area contributed by atoms with E-state index in [9.17, 15) is 8.42 Å². The van der Waals surface area contributed by atoms with Gasteiger partial charge in [0.2, 0.25) is 10.0 Å². The number of nitrogens with zero attached hydrogens (tertiary/aromatic N) is 2. The third kappa shape index (κ3) is 3.64. The zero-order chi connectivity index (χ0) is 14.9. The lowest BCUT2D eigenvalue weighted by Gasteiger charge is -2.28. The first-order valence-electron chi connectivity index (χ1n) is 7.81. The van der Waals surface area contributed by atoms with Crippen LogP contribution < -0.4 is 10.5 Å². The van der Waals surface area contributed by atoms with Gasteiger partial charge in [-0.25, -0.2) is 13.6 Å². The van der Waals surface area contributed by atoms with Gasteiger partial charge in [-0.1, -0.05) is 12.8 Å². The second kappa shape index (κ2) is 6.06. The number of primary sulfonamides is 1. The zero-order valence-corrected chi connectivity index (χ0v) is 13.1. The average Bonchev–Trinajstić information content (AvgIpc) is 3.08. The summed E-state index contributed by atoms with van der Waals surface area (Å²) in [6, 6.07) is 2.96. The molecule has 7 heteroatoms. The summed E-state index contributed by atoms with van der Waals surface area (Å²) in [6.07, 6.45) is 9.49. The highest BCUT2D eigenvalue weighted by atomic mass is 32.2. The first-order valence-corrected chi connectivity index (χ1v) is 9.42. The molecule has 118 valence electrons. The number of nitrogens with two attached hydrogens (primary N) is 1. The minimum atomic E-state index is -3.41. The van der Waals surface area contributed by atoms with Gasteiger partial charge in [0.05, 0.1) is 17.0 Å². The van der Waals surface area contributed by atoms with Crippen LogP contribution in [0, 0.1) is 0 Å². The monoisotopic (exact) mass is 312 g/mol. The fourth-order valence-electron chi connectivity index (χ4n) is 3.45. The minimum absolute atomic E-state index is 0.301. The number of sulfonamides is 1. The summed E-state index contributed by atoms with van der Waals surface area (Å²) >= 11 is 0. The summed E-state index contributed by atoms with van der Waals surface area (Å²) in [7, 11) is -3.41. The average molecular weight is 312 g/mol. The molecule has 2 atom stereocenters. The van der Waals surface area contributed by atoms with Gasteiger partial charge in [0.15, 0.2) is 0 Å². The third-order valence-electron chi connectivity index (χ3n) is 4.75. The van der Waals surface area contributed by atoms with E-state index >= 15 is 0 Å². The van der Waals surface area contributed by atoms with Gasteiger partial charge < -0.3 is 5.32 Å². The molecular formula is C14H24N4O2S. The molecule has 1 aliphatic carbocycles. The summed E-state index contributed by atoms with van der Waals surface area (Å²) < 4.78 is 24.8. The molecule has 3 rings (SSSR count). The van der Waals surface area contributed by atoms with Crippen molar-refractivity contribution in [3.8, 4) is 0 Å². The maximum Gasteiger partial charge on any atom is 0.213 e. The predicted molar refractivity (Wildman–Crippen MR) is 81.4 cm³/mol. The Bertz CT molecular complexity index is 570. The van der Waals surface area contributed by atoms with Crippen LogP contribution in [0.4, 0.5) is 0 Å². The summed E-state index contributed by atoms with van der Waals surface area (Å²) in [6.45, 7) is 0.451. The highest BCUT2D eigenvalue weighted by molar-refractivity contribution is 7.89. The van der Waals surface area contributed by atoms with Gasteiger partial charge in [-0.15, -0.1) is 0 Å². The first-order chi connectivity index (χ1) is 10.0. The molecule has 3 N–H and O–H groups in total. The standard InChI is InChI=1S/C14H24N4O2S/c15-21(19,20)14-6-5-11(16-10-14)9-12-7-8-18(17-12)13-3-1-2-4-13/h7-8,11,13-14,16H,1-6,9-10H2,(H2,15,19,20). The normalized spacial score (nSPS) is 28.0. The maximum atomic E-state index is 11.3. The van der Waals surface area contributed by atoms with Crippen molar-refractivity contribution in [3.05, 3.63) is 18.0 Å². The third-order valence-corrected chi connectivity index (χ3v) is 6.09. The van der Waals surface area contributed by atoms with Gasteiger partial charge in [0, 0.05) is 25.2 Å². The maximum absolute atomic E-state index is 11.3. The van der Waals surface area contributed by atoms with Gasteiger partial charge in [-0.3, -0.25) is 4.68 Å². The molecule has 0 aromatic carbocycles. The molecule has 2 heterocycles. The van der Waals surface area contributed by atoms with Gasteiger partial charge in [-0.2, -0.15) is 5.10 Å². The molecule has 0 bridgehead atoms. The topological polar surface area (TPSA) is 90.0 Å². The minimum Gasteiger partial charge on any atom is -0.312 e. The van der Waals surface area contributed by atoms with Crippen LogP contribution >= 0.6 is 0 Å². The zero-order valence-electron chi connectivity index (χ0n) is 12.2. The van der Waals surface area contributed by atoms with E-state index < -0.39 is 15.3 Å². The lowest BCUT2D eigenvalue weighted by atomic mass is 10.0. The SMILES string of the molecule is NS(=O)(=O)C1CCC(Cc2ccn(C3CCCC3)n2)NC1. The molecule has 2 fully saturated rings. The van der Waals surface area contributed by atoms with Crippen molar-refractivity contribution in [1.82, 2.24) is 15.1 Å².